The van der Waals surface area contributed by atoms with E-state index in [1.165, 1.54) is 13.2 Å². The van der Waals surface area contributed by atoms with E-state index in [1.54, 1.807) is 6.07 Å². The molecule has 0 saturated heterocycles. The van der Waals surface area contributed by atoms with Crippen molar-refractivity contribution in [2.45, 2.75) is 4.90 Å². The SMILES string of the molecule is COOSc1cc(Cl)cc(C=O)c1Cl. The number of benzene rings is 1. The van der Waals surface area contributed by atoms with Crippen LogP contribution in [0.25, 0.3) is 0 Å². The highest BCUT2D eigenvalue weighted by atomic mass is 35.5. The third kappa shape index (κ3) is 2.87. The van der Waals surface area contributed by atoms with Crippen molar-refractivity contribution in [2.24, 2.45) is 0 Å². The zero-order valence-electron chi connectivity index (χ0n) is 7.12. The van der Waals surface area contributed by atoms with E-state index in [2.05, 4.69) is 9.22 Å². The van der Waals surface area contributed by atoms with Gasteiger partial charge in [-0.3, -0.25) is 4.79 Å². The highest BCUT2D eigenvalue weighted by Gasteiger charge is 2.09. The van der Waals surface area contributed by atoms with E-state index in [9.17, 15) is 4.79 Å². The number of rotatable bonds is 4. The van der Waals surface area contributed by atoms with Crippen LogP contribution >= 0.6 is 35.2 Å². The van der Waals surface area contributed by atoms with Gasteiger partial charge in [0.05, 0.1) is 29.1 Å². The maximum Gasteiger partial charge on any atom is 0.151 e. The van der Waals surface area contributed by atoms with Crippen LogP contribution in [0.3, 0.4) is 0 Å². The Morgan fingerprint density at radius 1 is 1.43 bits per heavy atom. The van der Waals surface area contributed by atoms with E-state index < -0.39 is 0 Å². The third-order valence-electron chi connectivity index (χ3n) is 1.35. The number of aldehydes is 1. The van der Waals surface area contributed by atoms with Crippen LogP contribution in [0, 0.1) is 0 Å². The van der Waals surface area contributed by atoms with Gasteiger partial charge < -0.3 is 0 Å². The molecule has 0 unspecified atom stereocenters. The molecule has 0 heterocycles. The number of carbonyl (C=O) groups is 1. The monoisotopic (exact) mass is 252 g/mol. The average molecular weight is 253 g/mol. The molecular weight excluding hydrogens is 247 g/mol. The summed E-state index contributed by atoms with van der Waals surface area (Å²) in [5, 5.41) is 0.713. The summed E-state index contributed by atoms with van der Waals surface area (Å²) in [6, 6.07) is 3.06. The van der Waals surface area contributed by atoms with Crippen LogP contribution in [0.15, 0.2) is 17.0 Å². The molecule has 0 radical (unpaired) electrons. The first-order valence-electron chi connectivity index (χ1n) is 3.50. The molecule has 0 aliphatic heterocycles. The highest BCUT2D eigenvalue weighted by Crippen LogP contribution is 2.32. The Morgan fingerprint density at radius 2 is 2.14 bits per heavy atom. The van der Waals surface area contributed by atoms with Gasteiger partial charge in [-0.2, -0.15) is 4.33 Å². The van der Waals surface area contributed by atoms with Crippen LogP contribution in [-0.4, -0.2) is 13.4 Å². The molecule has 0 spiro atoms. The van der Waals surface area contributed by atoms with Gasteiger partial charge in [0, 0.05) is 10.6 Å². The molecule has 14 heavy (non-hydrogen) atoms. The van der Waals surface area contributed by atoms with Crippen LogP contribution in [0.4, 0.5) is 0 Å². The Hall–Kier alpha value is -0.260. The van der Waals surface area contributed by atoms with E-state index in [1.807, 2.05) is 0 Å². The molecule has 3 nitrogen and oxygen atoms in total. The minimum absolute atomic E-state index is 0.298. The van der Waals surface area contributed by atoms with E-state index in [-0.39, 0.29) is 0 Å². The Labute approximate surface area is 95.4 Å². The molecule has 0 atom stereocenters. The first-order chi connectivity index (χ1) is 6.69. The van der Waals surface area contributed by atoms with Crippen molar-refractivity contribution in [1.29, 1.82) is 0 Å². The van der Waals surface area contributed by atoms with Crippen LogP contribution in [-0.2, 0) is 9.22 Å². The van der Waals surface area contributed by atoms with Crippen molar-refractivity contribution >= 4 is 41.5 Å². The molecule has 0 saturated carbocycles. The standard InChI is InChI=1S/C8H6Cl2O3S/c1-12-13-14-7-3-6(9)2-5(4-11)8(7)10/h2-4H,1H3. The molecule has 0 bridgehead atoms. The van der Waals surface area contributed by atoms with Crippen LogP contribution in [0.2, 0.25) is 10.0 Å². The molecule has 0 fully saturated rings. The molecule has 0 amide bonds. The van der Waals surface area contributed by atoms with Gasteiger partial charge in [-0.15, -0.1) is 0 Å². The van der Waals surface area contributed by atoms with Crippen molar-refractivity contribution in [3.63, 3.8) is 0 Å². The topological polar surface area (TPSA) is 35.5 Å². The second-order valence-corrected chi connectivity index (χ2v) is 3.80. The fourth-order valence-corrected chi connectivity index (χ4v) is 1.85. The summed E-state index contributed by atoms with van der Waals surface area (Å²) in [7, 11) is 1.37. The van der Waals surface area contributed by atoms with Crippen molar-refractivity contribution in [2.75, 3.05) is 7.11 Å². The van der Waals surface area contributed by atoms with E-state index in [0.717, 1.165) is 12.0 Å². The fraction of sp³-hybridized carbons (Fsp3) is 0.125. The van der Waals surface area contributed by atoms with Gasteiger partial charge >= 0.3 is 0 Å². The molecule has 0 N–H and O–H groups in total. The second kappa shape index (κ2) is 5.58. The van der Waals surface area contributed by atoms with Gasteiger partial charge in [-0.1, -0.05) is 23.2 Å². The molecule has 0 aliphatic rings. The largest absolute Gasteiger partial charge is 0.298 e. The molecule has 1 rings (SSSR count). The lowest BCUT2D eigenvalue weighted by Gasteiger charge is -2.04. The minimum Gasteiger partial charge on any atom is -0.298 e. The number of carbonyl (C=O) groups excluding carboxylic acids is 1. The van der Waals surface area contributed by atoms with Crippen molar-refractivity contribution in [3.05, 3.63) is 27.7 Å². The first-order valence-corrected chi connectivity index (χ1v) is 5.00. The van der Waals surface area contributed by atoms with E-state index in [4.69, 9.17) is 23.2 Å². The Balaban J connectivity index is 3.02. The number of hydrogen-bond acceptors (Lipinski definition) is 4. The summed E-state index contributed by atoms with van der Waals surface area (Å²) in [5.41, 5.74) is 0.321. The summed E-state index contributed by atoms with van der Waals surface area (Å²) in [4.78, 5) is 15.5. The molecule has 1 aromatic carbocycles. The average Bonchev–Trinajstić information content (AvgIpc) is 2.18. The fourth-order valence-electron chi connectivity index (χ4n) is 0.802. The Kier molecular flexibility index (Phi) is 4.71. The normalized spacial score (nSPS) is 10.2. The lowest BCUT2D eigenvalue weighted by molar-refractivity contribution is -0.160. The van der Waals surface area contributed by atoms with Gasteiger partial charge in [0.2, 0.25) is 0 Å². The third-order valence-corrected chi connectivity index (χ3v) is 2.81. The smallest absolute Gasteiger partial charge is 0.151 e. The van der Waals surface area contributed by atoms with Gasteiger partial charge in [0.15, 0.2) is 6.29 Å². The summed E-state index contributed by atoms with van der Waals surface area (Å²) in [6.07, 6.45) is 0.630. The van der Waals surface area contributed by atoms with Crippen molar-refractivity contribution in [1.82, 2.24) is 0 Å². The zero-order valence-corrected chi connectivity index (χ0v) is 9.45. The number of hydrogen-bond donors (Lipinski definition) is 0. The molecule has 0 aromatic heterocycles. The molecular formula is C8H6Cl2O3S. The summed E-state index contributed by atoms with van der Waals surface area (Å²) < 4.78 is 4.61. The summed E-state index contributed by atoms with van der Waals surface area (Å²) in [5.74, 6) is 0. The lowest BCUT2D eigenvalue weighted by atomic mass is 10.2. The van der Waals surface area contributed by atoms with Crippen LogP contribution < -0.4 is 0 Å². The Morgan fingerprint density at radius 3 is 2.71 bits per heavy atom. The van der Waals surface area contributed by atoms with Gasteiger partial charge in [-0.25, -0.2) is 4.89 Å². The van der Waals surface area contributed by atoms with Gasteiger partial charge in [-0.05, 0) is 12.1 Å². The Bertz CT molecular complexity index is 344. The first kappa shape index (κ1) is 11.8. The van der Waals surface area contributed by atoms with Crippen molar-refractivity contribution in [3.8, 4) is 0 Å². The predicted octanol–water partition coefficient (Wildman–Crippen LogP) is 3.39. The highest BCUT2D eigenvalue weighted by molar-refractivity contribution is 7.94. The molecule has 1 aromatic rings. The van der Waals surface area contributed by atoms with E-state index in [0.29, 0.717) is 26.8 Å². The number of halogens is 2. The zero-order chi connectivity index (χ0) is 10.6. The summed E-state index contributed by atoms with van der Waals surface area (Å²) >= 11 is 12.5. The van der Waals surface area contributed by atoms with Gasteiger partial charge in [0.25, 0.3) is 0 Å². The molecule has 0 aliphatic carbocycles. The second-order valence-electron chi connectivity index (χ2n) is 2.24. The quantitative estimate of drug-likeness (QED) is 0.356. The maximum absolute atomic E-state index is 10.6. The van der Waals surface area contributed by atoms with E-state index >= 15 is 0 Å². The van der Waals surface area contributed by atoms with Crippen molar-refractivity contribution < 1.29 is 14.0 Å². The maximum atomic E-state index is 10.6. The summed E-state index contributed by atoms with van der Waals surface area (Å²) in [6.45, 7) is 0. The molecule has 6 heteroatoms. The van der Waals surface area contributed by atoms with Crippen LogP contribution in [0.1, 0.15) is 10.4 Å². The van der Waals surface area contributed by atoms with Gasteiger partial charge in [0.1, 0.15) is 0 Å². The minimum atomic E-state index is 0.298. The van der Waals surface area contributed by atoms with Crippen LogP contribution in [0.5, 0.6) is 0 Å². The lowest BCUT2D eigenvalue weighted by Crippen LogP contribution is -1.86. The predicted molar refractivity (Wildman–Crippen MR) is 55.8 cm³/mol. The molecule has 76 valence electrons.